The Morgan fingerprint density at radius 3 is 2.78 bits per heavy atom. The summed E-state index contributed by atoms with van der Waals surface area (Å²) in [6.45, 7) is 6.60. The van der Waals surface area contributed by atoms with Crippen LogP contribution in [0.15, 0.2) is 24.3 Å². The molecule has 0 fully saturated rings. The van der Waals surface area contributed by atoms with E-state index in [1.807, 2.05) is 24.3 Å². The summed E-state index contributed by atoms with van der Waals surface area (Å²) in [5, 5.41) is 11.6. The lowest BCUT2D eigenvalue weighted by molar-refractivity contribution is 0.0954. The van der Waals surface area contributed by atoms with Crippen LogP contribution in [0.25, 0.3) is 0 Å². The van der Waals surface area contributed by atoms with Crippen molar-refractivity contribution in [1.82, 2.24) is 20.1 Å². The summed E-state index contributed by atoms with van der Waals surface area (Å²) in [6, 6.07) is 7.33. The molecule has 0 bridgehead atoms. The van der Waals surface area contributed by atoms with E-state index < -0.39 is 0 Å². The highest BCUT2D eigenvalue weighted by Gasteiger charge is 2.14. The molecule has 0 radical (unpaired) electrons. The molecule has 1 aromatic carbocycles. The van der Waals surface area contributed by atoms with Gasteiger partial charge in [0.05, 0.1) is 6.61 Å². The molecule has 1 aliphatic heterocycles. The maximum Gasteiger partial charge on any atom is 0.251 e. The molecule has 0 saturated heterocycles. The number of benzene rings is 1. The van der Waals surface area contributed by atoms with E-state index in [0.717, 1.165) is 36.8 Å². The monoisotopic (exact) mass is 370 g/mol. The smallest absolute Gasteiger partial charge is 0.251 e. The van der Waals surface area contributed by atoms with Crippen LogP contribution in [0.5, 0.6) is 5.75 Å². The van der Waals surface area contributed by atoms with Crippen LogP contribution in [0.3, 0.4) is 0 Å². The van der Waals surface area contributed by atoms with Crippen LogP contribution in [-0.4, -0.2) is 33.8 Å². The number of hydrogen-bond donors (Lipinski definition) is 1. The Kier molecular flexibility index (Phi) is 6.85. The normalized spacial score (nSPS) is 13.9. The lowest BCUT2D eigenvalue weighted by Gasteiger charge is -2.10. The van der Waals surface area contributed by atoms with Gasteiger partial charge in [-0.3, -0.25) is 4.79 Å². The number of amides is 1. The standard InChI is InChI=1S/C21H30N4O2/c1-16(2)12-15-27-18-9-7-17(8-10-18)21(26)22-13-11-20-24-23-19-6-4-3-5-14-25(19)20/h7-10,16H,3-6,11-15H2,1-2H3,(H,22,26). The van der Waals surface area contributed by atoms with Gasteiger partial charge in [0, 0.05) is 31.5 Å². The molecule has 0 atom stereocenters. The molecule has 2 aromatic rings. The van der Waals surface area contributed by atoms with Gasteiger partial charge in [0.1, 0.15) is 17.4 Å². The van der Waals surface area contributed by atoms with Crippen molar-refractivity contribution in [3.8, 4) is 5.75 Å². The minimum absolute atomic E-state index is 0.0701. The summed E-state index contributed by atoms with van der Waals surface area (Å²) in [4.78, 5) is 12.3. The van der Waals surface area contributed by atoms with Crippen molar-refractivity contribution in [1.29, 1.82) is 0 Å². The number of carbonyl (C=O) groups is 1. The molecule has 3 rings (SSSR count). The Balaban J connectivity index is 1.46. The predicted molar refractivity (Wildman–Crippen MR) is 105 cm³/mol. The molecule has 0 unspecified atom stereocenters. The van der Waals surface area contributed by atoms with Crippen LogP contribution < -0.4 is 10.1 Å². The van der Waals surface area contributed by atoms with E-state index in [4.69, 9.17) is 4.74 Å². The number of nitrogens with zero attached hydrogens (tertiary/aromatic N) is 3. The summed E-state index contributed by atoms with van der Waals surface area (Å²) in [7, 11) is 0. The summed E-state index contributed by atoms with van der Waals surface area (Å²) in [5.41, 5.74) is 0.645. The second kappa shape index (κ2) is 9.53. The third-order valence-corrected chi connectivity index (χ3v) is 4.90. The Morgan fingerprint density at radius 2 is 2.00 bits per heavy atom. The number of rotatable bonds is 8. The van der Waals surface area contributed by atoms with Crippen LogP contribution in [-0.2, 0) is 19.4 Å². The molecule has 6 nitrogen and oxygen atoms in total. The topological polar surface area (TPSA) is 69.0 Å². The first-order valence-electron chi connectivity index (χ1n) is 10.1. The summed E-state index contributed by atoms with van der Waals surface area (Å²) >= 11 is 0. The van der Waals surface area contributed by atoms with Crippen molar-refractivity contribution < 1.29 is 9.53 Å². The molecule has 27 heavy (non-hydrogen) atoms. The maximum atomic E-state index is 12.3. The molecular formula is C21H30N4O2. The molecule has 1 aliphatic rings. The summed E-state index contributed by atoms with van der Waals surface area (Å²) in [5.74, 6) is 3.41. The zero-order chi connectivity index (χ0) is 19.1. The number of nitrogens with one attached hydrogen (secondary N) is 1. The van der Waals surface area contributed by atoms with Crippen LogP contribution >= 0.6 is 0 Å². The number of fused-ring (bicyclic) bond motifs is 1. The molecule has 146 valence electrons. The second-order valence-corrected chi connectivity index (χ2v) is 7.56. The quantitative estimate of drug-likeness (QED) is 0.773. The van der Waals surface area contributed by atoms with Crippen molar-refractivity contribution in [2.45, 2.75) is 58.9 Å². The van der Waals surface area contributed by atoms with Crippen molar-refractivity contribution in [2.24, 2.45) is 5.92 Å². The number of hydrogen-bond acceptors (Lipinski definition) is 4. The fourth-order valence-electron chi connectivity index (χ4n) is 3.24. The highest BCUT2D eigenvalue weighted by molar-refractivity contribution is 5.94. The van der Waals surface area contributed by atoms with E-state index in [1.165, 1.54) is 19.3 Å². The fourth-order valence-corrected chi connectivity index (χ4v) is 3.24. The zero-order valence-corrected chi connectivity index (χ0v) is 16.4. The van der Waals surface area contributed by atoms with Crippen LogP contribution in [0.4, 0.5) is 0 Å². The van der Waals surface area contributed by atoms with Gasteiger partial charge in [-0.2, -0.15) is 0 Å². The van der Waals surface area contributed by atoms with E-state index in [0.29, 0.717) is 31.1 Å². The largest absolute Gasteiger partial charge is 0.494 e. The van der Waals surface area contributed by atoms with E-state index >= 15 is 0 Å². The zero-order valence-electron chi connectivity index (χ0n) is 16.4. The van der Waals surface area contributed by atoms with Gasteiger partial charge in [-0.25, -0.2) is 0 Å². The average Bonchev–Trinajstić information content (AvgIpc) is 2.88. The van der Waals surface area contributed by atoms with E-state index in [2.05, 4.69) is 33.9 Å². The van der Waals surface area contributed by atoms with Gasteiger partial charge in [0.2, 0.25) is 0 Å². The van der Waals surface area contributed by atoms with Gasteiger partial charge < -0.3 is 14.6 Å². The van der Waals surface area contributed by atoms with Crippen molar-refractivity contribution in [3.05, 3.63) is 41.5 Å². The van der Waals surface area contributed by atoms with Crippen molar-refractivity contribution in [3.63, 3.8) is 0 Å². The van der Waals surface area contributed by atoms with Crippen LogP contribution in [0, 0.1) is 5.92 Å². The molecule has 1 aromatic heterocycles. The number of carbonyl (C=O) groups excluding carboxylic acids is 1. The van der Waals surface area contributed by atoms with E-state index in [-0.39, 0.29) is 5.91 Å². The van der Waals surface area contributed by atoms with Gasteiger partial charge in [-0.15, -0.1) is 10.2 Å². The number of aryl methyl sites for hydroxylation is 1. The Bertz CT molecular complexity index is 737. The summed E-state index contributed by atoms with van der Waals surface area (Å²) < 4.78 is 7.92. The first kappa shape index (κ1) is 19.4. The van der Waals surface area contributed by atoms with Crippen molar-refractivity contribution in [2.75, 3.05) is 13.2 Å². The average molecular weight is 370 g/mol. The SMILES string of the molecule is CC(C)CCOc1ccc(C(=O)NCCc2nnc3n2CCCCC3)cc1. The first-order valence-corrected chi connectivity index (χ1v) is 10.1. The highest BCUT2D eigenvalue weighted by Crippen LogP contribution is 2.15. The molecule has 2 heterocycles. The Morgan fingerprint density at radius 1 is 1.19 bits per heavy atom. The minimum Gasteiger partial charge on any atom is -0.494 e. The molecule has 6 heteroatoms. The minimum atomic E-state index is -0.0701. The third kappa shape index (κ3) is 5.55. The van der Waals surface area contributed by atoms with Gasteiger partial charge in [-0.1, -0.05) is 20.3 Å². The predicted octanol–water partition coefficient (Wildman–Crippen LogP) is 3.40. The fraction of sp³-hybridized carbons (Fsp3) is 0.571. The highest BCUT2D eigenvalue weighted by atomic mass is 16.5. The number of ether oxygens (including phenoxy) is 1. The summed E-state index contributed by atoms with van der Waals surface area (Å²) in [6.07, 6.45) is 6.34. The second-order valence-electron chi connectivity index (χ2n) is 7.56. The van der Waals surface area contributed by atoms with Gasteiger partial charge in [-0.05, 0) is 49.4 Å². The van der Waals surface area contributed by atoms with Gasteiger partial charge in [0.15, 0.2) is 0 Å². The van der Waals surface area contributed by atoms with Crippen LogP contribution in [0.1, 0.15) is 61.5 Å². The van der Waals surface area contributed by atoms with Crippen LogP contribution in [0.2, 0.25) is 0 Å². The first-order chi connectivity index (χ1) is 13.1. The van der Waals surface area contributed by atoms with Gasteiger partial charge >= 0.3 is 0 Å². The molecule has 1 amide bonds. The molecule has 0 spiro atoms. The molecule has 1 N–H and O–H groups in total. The van der Waals surface area contributed by atoms with Crippen molar-refractivity contribution >= 4 is 5.91 Å². The molecular weight excluding hydrogens is 340 g/mol. The lowest BCUT2D eigenvalue weighted by atomic mass is 10.1. The van der Waals surface area contributed by atoms with E-state index in [1.54, 1.807) is 0 Å². The third-order valence-electron chi connectivity index (χ3n) is 4.90. The van der Waals surface area contributed by atoms with E-state index in [9.17, 15) is 4.79 Å². The van der Waals surface area contributed by atoms with Gasteiger partial charge in [0.25, 0.3) is 5.91 Å². The maximum absolute atomic E-state index is 12.3. The Hall–Kier alpha value is -2.37. The number of aromatic nitrogens is 3. The lowest BCUT2D eigenvalue weighted by Crippen LogP contribution is -2.26. The Labute approximate surface area is 161 Å². The molecule has 0 saturated carbocycles. The molecule has 0 aliphatic carbocycles.